The molecular formula is C20H19N3O. The molecule has 2 heterocycles. The summed E-state index contributed by atoms with van der Waals surface area (Å²) in [6.45, 7) is 3.42. The van der Waals surface area contributed by atoms with Crippen molar-refractivity contribution in [1.82, 2.24) is 14.9 Å². The maximum Gasteiger partial charge on any atom is 0.229 e. The van der Waals surface area contributed by atoms with Crippen LogP contribution in [0.4, 0.5) is 0 Å². The van der Waals surface area contributed by atoms with Crippen molar-refractivity contribution in [2.24, 2.45) is 0 Å². The van der Waals surface area contributed by atoms with Gasteiger partial charge in [-0.05, 0) is 24.6 Å². The van der Waals surface area contributed by atoms with Crippen LogP contribution in [0.5, 0.6) is 0 Å². The first-order chi connectivity index (χ1) is 11.7. The van der Waals surface area contributed by atoms with Gasteiger partial charge in [0, 0.05) is 25.2 Å². The first-order valence-corrected chi connectivity index (χ1v) is 8.28. The highest BCUT2D eigenvalue weighted by atomic mass is 16.2. The number of benzene rings is 2. The zero-order valence-corrected chi connectivity index (χ0v) is 13.6. The van der Waals surface area contributed by atoms with Crippen molar-refractivity contribution in [3.8, 4) is 0 Å². The molecule has 1 amide bonds. The van der Waals surface area contributed by atoms with E-state index >= 15 is 0 Å². The van der Waals surface area contributed by atoms with E-state index in [1.165, 1.54) is 0 Å². The van der Waals surface area contributed by atoms with Crippen LogP contribution >= 0.6 is 0 Å². The fourth-order valence-corrected chi connectivity index (χ4v) is 3.17. The Kier molecular flexibility index (Phi) is 3.73. The molecule has 120 valence electrons. The van der Waals surface area contributed by atoms with E-state index in [0.29, 0.717) is 0 Å². The monoisotopic (exact) mass is 317 g/mol. The Hall–Kier alpha value is -2.75. The lowest BCUT2D eigenvalue weighted by molar-refractivity contribution is -0.137. The van der Waals surface area contributed by atoms with Crippen LogP contribution in [0.1, 0.15) is 30.0 Å². The summed E-state index contributed by atoms with van der Waals surface area (Å²) in [6, 6.07) is 17.8. The molecule has 2 aromatic carbocycles. The molecule has 1 fully saturated rings. The maximum absolute atomic E-state index is 12.6. The summed E-state index contributed by atoms with van der Waals surface area (Å²) in [7, 11) is 0. The molecule has 4 rings (SSSR count). The summed E-state index contributed by atoms with van der Waals surface area (Å²) in [5, 5.41) is 0. The van der Waals surface area contributed by atoms with Crippen molar-refractivity contribution >= 4 is 16.9 Å². The number of rotatable bonds is 3. The molecule has 24 heavy (non-hydrogen) atoms. The number of nitrogens with zero attached hydrogens (tertiary/aromatic N) is 3. The molecule has 1 aliphatic rings. The third-order valence-electron chi connectivity index (χ3n) is 4.75. The minimum absolute atomic E-state index is 0.102. The molecule has 1 unspecified atom stereocenters. The highest BCUT2D eigenvalue weighted by Crippen LogP contribution is 2.29. The lowest BCUT2D eigenvalue weighted by Gasteiger charge is -2.40. The van der Waals surface area contributed by atoms with Crippen LogP contribution in [0.25, 0.3) is 11.0 Å². The van der Waals surface area contributed by atoms with Crippen molar-refractivity contribution in [2.45, 2.75) is 18.8 Å². The van der Waals surface area contributed by atoms with Gasteiger partial charge in [-0.1, -0.05) is 42.5 Å². The number of hydrogen-bond donors (Lipinski definition) is 0. The second kappa shape index (κ2) is 6.04. The predicted molar refractivity (Wildman–Crippen MR) is 93.7 cm³/mol. The van der Waals surface area contributed by atoms with Crippen LogP contribution in [-0.4, -0.2) is 33.9 Å². The van der Waals surface area contributed by atoms with Crippen LogP contribution in [-0.2, 0) is 4.79 Å². The number of hydrogen-bond acceptors (Lipinski definition) is 3. The van der Waals surface area contributed by atoms with Crippen molar-refractivity contribution in [3.63, 3.8) is 0 Å². The van der Waals surface area contributed by atoms with Crippen LogP contribution in [0.2, 0.25) is 0 Å². The van der Waals surface area contributed by atoms with Crippen molar-refractivity contribution < 1.29 is 4.79 Å². The number of carbonyl (C=O) groups excluding carboxylic acids is 1. The van der Waals surface area contributed by atoms with E-state index in [2.05, 4.69) is 4.98 Å². The van der Waals surface area contributed by atoms with Gasteiger partial charge in [0.25, 0.3) is 0 Å². The number of fused-ring (bicyclic) bond motifs is 1. The highest BCUT2D eigenvalue weighted by Gasteiger charge is 2.35. The summed E-state index contributed by atoms with van der Waals surface area (Å²) in [5.74, 6) is 0.370. The highest BCUT2D eigenvalue weighted by molar-refractivity contribution is 5.84. The SMILES string of the molecule is CC(C(=O)N1CC(c2cnc3ccccc3n2)C1)c1ccccc1. The van der Waals surface area contributed by atoms with Gasteiger partial charge in [-0.25, -0.2) is 4.98 Å². The van der Waals surface area contributed by atoms with Gasteiger partial charge >= 0.3 is 0 Å². The van der Waals surface area contributed by atoms with Gasteiger partial charge in [-0.15, -0.1) is 0 Å². The van der Waals surface area contributed by atoms with E-state index < -0.39 is 0 Å². The molecule has 1 atom stereocenters. The van der Waals surface area contributed by atoms with E-state index in [9.17, 15) is 4.79 Å². The molecule has 3 aromatic rings. The lowest BCUT2D eigenvalue weighted by Crippen LogP contribution is -2.50. The fraction of sp³-hybridized carbons (Fsp3) is 0.250. The summed E-state index contributed by atoms with van der Waals surface area (Å²) in [6.07, 6.45) is 1.84. The molecule has 0 N–H and O–H groups in total. The van der Waals surface area contributed by atoms with Gasteiger partial charge in [-0.3, -0.25) is 9.78 Å². The van der Waals surface area contributed by atoms with Crippen LogP contribution < -0.4 is 0 Å². The minimum atomic E-state index is -0.102. The zero-order valence-electron chi connectivity index (χ0n) is 13.6. The first kappa shape index (κ1) is 14.8. The molecule has 1 saturated heterocycles. The summed E-state index contributed by atoms with van der Waals surface area (Å²) in [4.78, 5) is 23.7. The van der Waals surface area contributed by atoms with Gasteiger partial charge in [-0.2, -0.15) is 0 Å². The van der Waals surface area contributed by atoms with E-state index in [4.69, 9.17) is 4.98 Å². The Morgan fingerprint density at radius 2 is 1.71 bits per heavy atom. The quantitative estimate of drug-likeness (QED) is 0.744. The minimum Gasteiger partial charge on any atom is -0.341 e. The van der Waals surface area contributed by atoms with Crippen LogP contribution in [0, 0.1) is 0 Å². The standard InChI is InChI=1S/C20H19N3O/c1-14(15-7-3-2-4-8-15)20(24)23-12-16(13-23)19-11-21-17-9-5-6-10-18(17)22-19/h2-11,14,16H,12-13H2,1H3. The normalized spacial score (nSPS) is 16.0. The molecule has 1 aliphatic heterocycles. The Morgan fingerprint density at radius 3 is 2.46 bits per heavy atom. The van der Waals surface area contributed by atoms with Crippen molar-refractivity contribution in [3.05, 3.63) is 72.1 Å². The molecule has 4 heteroatoms. The van der Waals surface area contributed by atoms with Gasteiger partial charge in [0.1, 0.15) is 0 Å². The van der Waals surface area contributed by atoms with Crippen molar-refractivity contribution in [1.29, 1.82) is 0 Å². The second-order valence-electron chi connectivity index (χ2n) is 6.36. The Labute approximate surface area is 141 Å². The number of aromatic nitrogens is 2. The Morgan fingerprint density at radius 1 is 1.04 bits per heavy atom. The van der Waals surface area contributed by atoms with Crippen LogP contribution in [0.15, 0.2) is 60.8 Å². The third-order valence-corrected chi connectivity index (χ3v) is 4.75. The molecule has 0 spiro atoms. The fourth-order valence-electron chi connectivity index (χ4n) is 3.17. The lowest BCUT2D eigenvalue weighted by atomic mass is 9.92. The van der Waals surface area contributed by atoms with Gasteiger partial charge < -0.3 is 4.90 Å². The van der Waals surface area contributed by atoms with Crippen molar-refractivity contribution in [2.75, 3.05) is 13.1 Å². The topological polar surface area (TPSA) is 46.1 Å². The van der Waals surface area contributed by atoms with Crippen LogP contribution in [0.3, 0.4) is 0 Å². The van der Waals surface area contributed by atoms with E-state index in [-0.39, 0.29) is 17.7 Å². The van der Waals surface area contributed by atoms with E-state index in [1.807, 2.05) is 72.6 Å². The molecule has 0 radical (unpaired) electrons. The Bertz CT molecular complexity index is 872. The predicted octanol–water partition coefficient (Wildman–Crippen LogP) is 3.36. The first-order valence-electron chi connectivity index (χ1n) is 8.28. The smallest absolute Gasteiger partial charge is 0.229 e. The van der Waals surface area contributed by atoms with E-state index in [1.54, 1.807) is 0 Å². The van der Waals surface area contributed by atoms with E-state index in [0.717, 1.165) is 35.4 Å². The molecular weight excluding hydrogens is 298 g/mol. The average Bonchev–Trinajstić information content (AvgIpc) is 2.60. The number of amides is 1. The average molecular weight is 317 g/mol. The summed E-state index contributed by atoms with van der Waals surface area (Å²) < 4.78 is 0. The van der Waals surface area contributed by atoms with Gasteiger partial charge in [0.05, 0.1) is 22.6 Å². The number of carbonyl (C=O) groups is 1. The largest absolute Gasteiger partial charge is 0.341 e. The number of likely N-dealkylation sites (tertiary alicyclic amines) is 1. The molecule has 0 saturated carbocycles. The maximum atomic E-state index is 12.6. The van der Waals surface area contributed by atoms with Gasteiger partial charge in [0.2, 0.25) is 5.91 Å². The second-order valence-corrected chi connectivity index (χ2v) is 6.36. The number of para-hydroxylation sites is 2. The molecule has 4 nitrogen and oxygen atoms in total. The van der Waals surface area contributed by atoms with Gasteiger partial charge in [0.15, 0.2) is 0 Å². The summed E-state index contributed by atoms with van der Waals surface area (Å²) >= 11 is 0. The summed E-state index contributed by atoms with van der Waals surface area (Å²) in [5.41, 5.74) is 3.87. The zero-order chi connectivity index (χ0) is 16.5. The molecule has 0 aliphatic carbocycles. The third kappa shape index (κ3) is 2.64. The molecule has 0 bridgehead atoms. The molecule has 1 aromatic heterocycles. The Balaban J connectivity index is 1.44.